The molecule has 0 aliphatic carbocycles. The van der Waals surface area contributed by atoms with Gasteiger partial charge < -0.3 is 19.9 Å². The van der Waals surface area contributed by atoms with E-state index in [-0.39, 0.29) is 12.5 Å². The SMILES string of the molecule is COc1ccc(/C=C/C(=O)NC[C@@](C)(O)CSC)cc1OC. The number of carbonyl (C=O) groups is 1. The van der Waals surface area contributed by atoms with Crippen LogP contribution in [0.15, 0.2) is 24.3 Å². The third-order valence-corrected chi connectivity index (χ3v) is 3.84. The van der Waals surface area contributed by atoms with E-state index in [2.05, 4.69) is 5.32 Å². The topological polar surface area (TPSA) is 67.8 Å². The molecule has 22 heavy (non-hydrogen) atoms. The van der Waals surface area contributed by atoms with Crippen molar-refractivity contribution in [1.82, 2.24) is 5.32 Å². The van der Waals surface area contributed by atoms with E-state index in [0.717, 1.165) is 5.56 Å². The minimum Gasteiger partial charge on any atom is -0.493 e. The van der Waals surface area contributed by atoms with Crippen LogP contribution in [-0.4, -0.2) is 49.4 Å². The molecule has 0 fully saturated rings. The molecule has 122 valence electrons. The van der Waals surface area contributed by atoms with Crippen molar-refractivity contribution in [1.29, 1.82) is 0 Å². The largest absolute Gasteiger partial charge is 0.493 e. The Bertz CT molecular complexity index is 529. The Labute approximate surface area is 135 Å². The number of rotatable bonds is 8. The van der Waals surface area contributed by atoms with Crippen molar-refractivity contribution in [2.45, 2.75) is 12.5 Å². The number of ether oxygens (including phenoxy) is 2. The predicted octanol–water partition coefficient (Wildman–Crippen LogP) is 1.95. The van der Waals surface area contributed by atoms with Crippen LogP contribution < -0.4 is 14.8 Å². The van der Waals surface area contributed by atoms with Crippen molar-refractivity contribution in [2.75, 3.05) is 32.8 Å². The summed E-state index contributed by atoms with van der Waals surface area (Å²) in [6.07, 6.45) is 5.02. The summed E-state index contributed by atoms with van der Waals surface area (Å²) in [6, 6.07) is 5.39. The van der Waals surface area contributed by atoms with Crippen molar-refractivity contribution in [2.24, 2.45) is 0 Å². The molecular formula is C16H23NO4S. The van der Waals surface area contributed by atoms with Gasteiger partial charge in [0.2, 0.25) is 5.91 Å². The van der Waals surface area contributed by atoms with Gasteiger partial charge in [-0.1, -0.05) is 6.07 Å². The summed E-state index contributed by atoms with van der Waals surface area (Å²) in [5.74, 6) is 1.55. The molecule has 0 heterocycles. The minimum atomic E-state index is -0.910. The van der Waals surface area contributed by atoms with Crippen LogP contribution in [0.3, 0.4) is 0 Å². The normalized spacial score (nSPS) is 13.7. The van der Waals surface area contributed by atoms with Crippen LogP contribution in [0.4, 0.5) is 0 Å². The summed E-state index contributed by atoms with van der Waals surface area (Å²) in [5, 5.41) is 12.7. The van der Waals surface area contributed by atoms with E-state index >= 15 is 0 Å². The number of benzene rings is 1. The molecular weight excluding hydrogens is 302 g/mol. The lowest BCUT2D eigenvalue weighted by molar-refractivity contribution is -0.117. The fourth-order valence-corrected chi connectivity index (χ4v) is 2.55. The summed E-state index contributed by atoms with van der Waals surface area (Å²) < 4.78 is 10.4. The highest BCUT2D eigenvalue weighted by atomic mass is 32.2. The second-order valence-electron chi connectivity index (χ2n) is 5.10. The third-order valence-electron chi connectivity index (χ3n) is 2.93. The van der Waals surface area contributed by atoms with E-state index in [1.54, 1.807) is 39.4 Å². The first-order chi connectivity index (χ1) is 10.4. The van der Waals surface area contributed by atoms with E-state index in [0.29, 0.717) is 17.3 Å². The van der Waals surface area contributed by atoms with Gasteiger partial charge in [0, 0.05) is 18.4 Å². The fraction of sp³-hybridized carbons (Fsp3) is 0.438. The van der Waals surface area contributed by atoms with Crippen molar-refractivity contribution in [3.8, 4) is 11.5 Å². The first-order valence-electron chi connectivity index (χ1n) is 6.81. The molecule has 0 aliphatic rings. The molecule has 0 saturated carbocycles. The zero-order valence-corrected chi connectivity index (χ0v) is 14.2. The van der Waals surface area contributed by atoms with Gasteiger partial charge in [-0.2, -0.15) is 11.8 Å². The van der Waals surface area contributed by atoms with Gasteiger partial charge in [0.05, 0.1) is 19.8 Å². The summed E-state index contributed by atoms with van der Waals surface area (Å²) in [7, 11) is 3.13. The second kappa shape index (κ2) is 8.70. The number of nitrogens with one attached hydrogen (secondary N) is 1. The zero-order valence-electron chi connectivity index (χ0n) is 13.4. The minimum absolute atomic E-state index is 0.211. The Kier molecular flexibility index (Phi) is 7.27. The van der Waals surface area contributed by atoms with Gasteiger partial charge in [-0.15, -0.1) is 0 Å². The van der Waals surface area contributed by atoms with Crippen LogP contribution in [0, 0.1) is 0 Å². The first-order valence-corrected chi connectivity index (χ1v) is 8.20. The van der Waals surface area contributed by atoms with Crippen molar-refractivity contribution < 1.29 is 19.4 Å². The quantitative estimate of drug-likeness (QED) is 0.715. The highest BCUT2D eigenvalue weighted by molar-refractivity contribution is 7.98. The van der Waals surface area contributed by atoms with Gasteiger partial charge in [0.15, 0.2) is 11.5 Å². The van der Waals surface area contributed by atoms with Crippen LogP contribution in [0.5, 0.6) is 11.5 Å². The van der Waals surface area contributed by atoms with Crippen LogP contribution >= 0.6 is 11.8 Å². The fourth-order valence-electron chi connectivity index (χ4n) is 1.83. The zero-order chi connectivity index (χ0) is 16.6. The number of aliphatic hydroxyl groups is 1. The van der Waals surface area contributed by atoms with Gasteiger partial charge in [-0.25, -0.2) is 0 Å². The van der Waals surface area contributed by atoms with Crippen molar-refractivity contribution >= 4 is 23.7 Å². The second-order valence-corrected chi connectivity index (χ2v) is 5.96. The summed E-state index contributed by atoms with van der Waals surface area (Å²) >= 11 is 1.53. The molecule has 0 bridgehead atoms. The molecule has 0 aromatic heterocycles. The number of methoxy groups -OCH3 is 2. The van der Waals surface area contributed by atoms with Gasteiger partial charge in [-0.05, 0) is 37.0 Å². The van der Waals surface area contributed by atoms with E-state index in [4.69, 9.17) is 9.47 Å². The van der Waals surface area contributed by atoms with Crippen molar-refractivity contribution in [3.63, 3.8) is 0 Å². The number of carbonyl (C=O) groups excluding carboxylic acids is 1. The molecule has 2 N–H and O–H groups in total. The summed E-state index contributed by atoms with van der Waals surface area (Å²) in [4.78, 5) is 11.8. The van der Waals surface area contributed by atoms with E-state index in [1.807, 2.05) is 12.3 Å². The summed E-state index contributed by atoms with van der Waals surface area (Å²) in [6.45, 7) is 1.91. The Morgan fingerprint density at radius 1 is 1.36 bits per heavy atom. The molecule has 1 aromatic rings. The van der Waals surface area contributed by atoms with Crippen LogP contribution in [0.25, 0.3) is 6.08 Å². The Morgan fingerprint density at radius 2 is 2.05 bits per heavy atom. The average molecular weight is 325 g/mol. The smallest absolute Gasteiger partial charge is 0.244 e. The first kappa shape index (κ1) is 18.4. The lowest BCUT2D eigenvalue weighted by atomic mass is 10.1. The monoisotopic (exact) mass is 325 g/mol. The third kappa shape index (κ3) is 5.99. The average Bonchev–Trinajstić information content (AvgIpc) is 2.50. The number of amides is 1. The lowest BCUT2D eigenvalue weighted by Gasteiger charge is -2.21. The van der Waals surface area contributed by atoms with Gasteiger partial charge in [0.25, 0.3) is 0 Å². The highest BCUT2D eigenvalue weighted by Gasteiger charge is 2.19. The molecule has 1 amide bonds. The molecule has 0 radical (unpaired) electrons. The molecule has 1 rings (SSSR count). The Balaban J connectivity index is 2.62. The number of thioether (sulfide) groups is 1. The molecule has 0 unspecified atom stereocenters. The maximum atomic E-state index is 11.8. The Hall–Kier alpha value is -1.66. The van der Waals surface area contributed by atoms with Crippen LogP contribution in [0.1, 0.15) is 12.5 Å². The number of hydrogen-bond acceptors (Lipinski definition) is 5. The van der Waals surface area contributed by atoms with E-state index in [9.17, 15) is 9.90 Å². The van der Waals surface area contributed by atoms with Gasteiger partial charge in [0.1, 0.15) is 0 Å². The van der Waals surface area contributed by atoms with E-state index in [1.165, 1.54) is 17.8 Å². The molecule has 1 atom stereocenters. The van der Waals surface area contributed by atoms with Crippen LogP contribution in [0.2, 0.25) is 0 Å². The number of hydrogen-bond donors (Lipinski definition) is 2. The van der Waals surface area contributed by atoms with Crippen LogP contribution in [-0.2, 0) is 4.79 Å². The molecule has 5 nitrogen and oxygen atoms in total. The molecule has 0 aliphatic heterocycles. The van der Waals surface area contributed by atoms with Gasteiger partial charge in [-0.3, -0.25) is 4.79 Å². The molecule has 6 heteroatoms. The summed E-state index contributed by atoms with van der Waals surface area (Å²) in [5.41, 5.74) is -0.0876. The van der Waals surface area contributed by atoms with Gasteiger partial charge >= 0.3 is 0 Å². The molecule has 0 saturated heterocycles. The predicted molar refractivity (Wildman–Crippen MR) is 90.6 cm³/mol. The molecule has 0 spiro atoms. The van der Waals surface area contributed by atoms with E-state index < -0.39 is 5.60 Å². The van der Waals surface area contributed by atoms with Crippen molar-refractivity contribution in [3.05, 3.63) is 29.8 Å². The molecule has 1 aromatic carbocycles. The standard InChI is InChI=1S/C16H23NO4S/c1-16(19,11-22-4)10-17-15(18)8-6-12-5-7-13(20-2)14(9-12)21-3/h5-9,19H,10-11H2,1-4H3,(H,17,18)/b8-6+/t16-/m1/s1. The Morgan fingerprint density at radius 3 is 2.64 bits per heavy atom. The highest BCUT2D eigenvalue weighted by Crippen LogP contribution is 2.27. The maximum absolute atomic E-state index is 11.8. The lowest BCUT2D eigenvalue weighted by Crippen LogP contribution is -2.41. The maximum Gasteiger partial charge on any atom is 0.244 e.